The molecule has 0 saturated heterocycles. The Morgan fingerprint density at radius 2 is 1.93 bits per heavy atom. The number of halogens is 2. The molecular weight excluding hydrogens is 393 g/mol. The van der Waals surface area contributed by atoms with Crippen molar-refractivity contribution in [3.8, 4) is 11.4 Å². The third kappa shape index (κ3) is 4.30. The first-order valence-corrected chi connectivity index (χ1v) is 9.14. The van der Waals surface area contributed by atoms with Gasteiger partial charge in [-0.15, -0.1) is 5.10 Å². The van der Waals surface area contributed by atoms with Crippen LogP contribution in [0, 0.1) is 5.82 Å². The third-order valence-electron chi connectivity index (χ3n) is 4.15. The van der Waals surface area contributed by atoms with Crippen molar-refractivity contribution in [1.29, 1.82) is 0 Å². The molecule has 0 aliphatic carbocycles. The summed E-state index contributed by atoms with van der Waals surface area (Å²) in [5, 5.41) is 7.91. The minimum atomic E-state index is -0.378. The lowest BCUT2D eigenvalue weighted by atomic mass is 10.2. The number of rotatable bonds is 5. The van der Waals surface area contributed by atoms with Crippen molar-refractivity contribution < 1.29 is 9.18 Å². The molecular formula is C21H15ClFN5O. The highest BCUT2D eigenvalue weighted by atomic mass is 35.5. The van der Waals surface area contributed by atoms with E-state index in [4.69, 9.17) is 11.6 Å². The van der Waals surface area contributed by atoms with Gasteiger partial charge in [0.15, 0.2) is 5.82 Å². The molecule has 6 nitrogen and oxygen atoms in total. The van der Waals surface area contributed by atoms with Gasteiger partial charge in [0.25, 0.3) is 5.91 Å². The third-order valence-corrected chi connectivity index (χ3v) is 4.39. The molecule has 0 atom stereocenters. The normalized spacial score (nSPS) is 10.7. The molecule has 0 spiro atoms. The first-order valence-electron chi connectivity index (χ1n) is 8.76. The first-order chi connectivity index (χ1) is 14.1. The number of hydrogen-bond donors (Lipinski definition) is 1. The average Bonchev–Trinajstić information content (AvgIpc) is 3.18. The van der Waals surface area contributed by atoms with Crippen molar-refractivity contribution in [3.05, 3.63) is 95.0 Å². The van der Waals surface area contributed by atoms with Crippen LogP contribution in [0.3, 0.4) is 0 Å². The molecule has 0 bridgehead atoms. The van der Waals surface area contributed by atoms with E-state index >= 15 is 0 Å². The highest BCUT2D eigenvalue weighted by molar-refractivity contribution is 6.31. The molecule has 4 rings (SSSR count). The lowest BCUT2D eigenvalue weighted by molar-refractivity contribution is 0.0947. The summed E-state index contributed by atoms with van der Waals surface area (Å²) in [6.45, 7) is 0.342. The number of nitrogens with zero attached hydrogens (tertiary/aromatic N) is 4. The van der Waals surface area contributed by atoms with Crippen LogP contribution in [0.5, 0.6) is 0 Å². The Balaban J connectivity index is 1.68. The number of anilines is 1. The van der Waals surface area contributed by atoms with Gasteiger partial charge < -0.3 is 5.32 Å². The first kappa shape index (κ1) is 18.8. The molecule has 2 heterocycles. The molecule has 0 amide bonds. The second kappa shape index (κ2) is 8.20. The van der Waals surface area contributed by atoms with Crippen LogP contribution in [0.25, 0.3) is 11.4 Å². The van der Waals surface area contributed by atoms with Gasteiger partial charge in [0, 0.05) is 35.1 Å². The fourth-order valence-corrected chi connectivity index (χ4v) is 2.90. The smallest absolute Gasteiger partial charge is 0.281 e. The van der Waals surface area contributed by atoms with Gasteiger partial charge in [0.2, 0.25) is 5.95 Å². The van der Waals surface area contributed by atoms with E-state index in [9.17, 15) is 9.18 Å². The van der Waals surface area contributed by atoms with E-state index in [1.54, 1.807) is 60.9 Å². The maximum Gasteiger partial charge on any atom is 0.281 e. The van der Waals surface area contributed by atoms with E-state index in [0.717, 1.165) is 5.56 Å². The maximum atomic E-state index is 13.1. The SMILES string of the molecule is O=C(c1cccc(Cl)c1)n1nc(-c2cccnc2)nc1NCc1ccc(F)cc1. The second-order valence-corrected chi connectivity index (χ2v) is 6.64. The van der Waals surface area contributed by atoms with Crippen LogP contribution in [0.4, 0.5) is 10.3 Å². The largest absolute Gasteiger partial charge is 0.350 e. The number of aromatic nitrogens is 4. The van der Waals surface area contributed by atoms with Crippen molar-refractivity contribution in [3.63, 3.8) is 0 Å². The van der Waals surface area contributed by atoms with Crippen LogP contribution in [0.15, 0.2) is 73.1 Å². The molecule has 4 aromatic rings. The Morgan fingerprint density at radius 3 is 2.66 bits per heavy atom. The van der Waals surface area contributed by atoms with Gasteiger partial charge in [-0.1, -0.05) is 29.8 Å². The van der Waals surface area contributed by atoms with Crippen LogP contribution >= 0.6 is 11.6 Å². The lowest BCUT2D eigenvalue weighted by Gasteiger charge is -2.07. The van der Waals surface area contributed by atoms with Crippen molar-refractivity contribution in [2.24, 2.45) is 0 Å². The number of nitrogens with one attached hydrogen (secondary N) is 1. The van der Waals surface area contributed by atoms with E-state index in [2.05, 4.69) is 20.4 Å². The van der Waals surface area contributed by atoms with Gasteiger partial charge in [-0.05, 0) is 48.0 Å². The van der Waals surface area contributed by atoms with Gasteiger partial charge in [-0.3, -0.25) is 9.78 Å². The molecule has 144 valence electrons. The average molecular weight is 408 g/mol. The van der Waals surface area contributed by atoms with E-state index in [1.165, 1.54) is 16.8 Å². The predicted molar refractivity (Wildman–Crippen MR) is 108 cm³/mol. The van der Waals surface area contributed by atoms with Gasteiger partial charge >= 0.3 is 0 Å². The maximum absolute atomic E-state index is 13.1. The zero-order valence-electron chi connectivity index (χ0n) is 15.1. The van der Waals surface area contributed by atoms with E-state index < -0.39 is 0 Å². The summed E-state index contributed by atoms with van der Waals surface area (Å²) in [5.74, 6) is -0.0723. The number of carbonyl (C=O) groups is 1. The van der Waals surface area contributed by atoms with Gasteiger partial charge in [-0.25, -0.2) is 4.39 Å². The minimum Gasteiger partial charge on any atom is -0.350 e. The van der Waals surface area contributed by atoms with E-state index in [0.29, 0.717) is 28.5 Å². The molecule has 0 aliphatic rings. The number of benzene rings is 2. The van der Waals surface area contributed by atoms with Crippen molar-refractivity contribution >= 4 is 23.5 Å². The monoisotopic (exact) mass is 407 g/mol. The molecule has 0 fully saturated rings. The van der Waals surface area contributed by atoms with Crippen LogP contribution in [-0.4, -0.2) is 25.7 Å². The number of hydrogen-bond acceptors (Lipinski definition) is 5. The molecule has 0 radical (unpaired) electrons. The molecule has 8 heteroatoms. The Morgan fingerprint density at radius 1 is 1.10 bits per heavy atom. The highest BCUT2D eigenvalue weighted by Gasteiger charge is 2.19. The molecule has 2 aromatic carbocycles. The Kier molecular flexibility index (Phi) is 5.31. The fourth-order valence-electron chi connectivity index (χ4n) is 2.71. The van der Waals surface area contributed by atoms with Gasteiger partial charge in [-0.2, -0.15) is 9.67 Å². The Hall–Kier alpha value is -3.58. The summed E-state index contributed by atoms with van der Waals surface area (Å²) in [4.78, 5) is 21.5. The fraction of sp³-hybridized carbons (Fsp3) is 0.0476. The van der Waals surface area contributed by atoms with Crippen LogP contribution in [-0.2, 0) is 6.54 Å². The highest BCUT2D eigenvalue weighted by Crippen LogP contribution is 2.20. The predicted octanol–water partition coefficient (Wildman–Crippen LogP) is 4.43. The number of pyridine rings is 1. The van der Waals surface area contributed by atoms with Crippen molar-refractivity contribution in [2.45, 2.75) is 6.54 Å². The zero-order chi connectivity index (χ0) is 20.2. The summed E-state index contributed by atoms with van der Waals surface area (Å²) >= 11 is 6.02. The van der Waals surface area contributed by atoms with Gasteiger partial charge in [0.05, 0.1) is 0 Å². The number of carbonyl (C=O) groups excluding carboxylic acids is 1. The van der Waals surface area contributed by atoms with E-state index in [-0.39, 0.29) is 17.7 Å². The second-order valence-electron chi connectivity index (χ2n) is 6.21. The van der Waals surface area contributed by atoms with E-state index in [1.807, 2.05) is 0 Å². The Bertz CT molecular complexity index is 1150. The van der Waals surface area contributed by atoms with Gasteiger partial charge in [0.1, 0.15) is 5.82 Å². The minimum absolute atomic E-state index is 0.262. The molecule has 1 N–H and O–H groups in total. The summed E-state index contributed by atoms with van der Waals surface area (Å²) < 4.78 is 14.3. The lowest BCUT2D eigenvalue weighted by Crippen LogP contribution is -2.17. The van der Waals surface area contributed by atoms with Crippen LogP contribution in [0.2, 0.25) is 5.02 Å². The summed E-state index contributed by atoms with van der Waals surface area (Å²) in [6, 6.07) is 16.2. The summed E-state index contributed by atoms with van der Waals surface area (Å²) in [5.41, 5.74) is 1.89. The Labute approximate surface area is 171 Å². The van der Waals surface area contributed by atoms with Crippen LogP contribution in [0.1, 0.15) is 15.9 Å². The van der Waals surface area contributed by atoms with Crippen molar-refractivity contribution in [1.82, 2.24) is 19.7 Å². The molecule has 29 heavy (non-hydrogen) atoms. The van der Waals surface area contributed by atoms with Crippen LogP contribution < -0.4 is 5.32 Å². The standard InChI is InChI=1S/C21H15ClFN5O/c22-17-5-1-3-15(11-17)20(29)28-21(25-12-14-6-8-18(23)9-7-14)26-19(27-28)16-4-2-10-24-13-16/h1-11,13H,12H2,(H,25,26,27). The molecule has 0 unspecified atom stereocenters. The summed E-state index contributed by atoms with van der Waals surface area (Å²) in [7, 11) is 0. The summed E-state index contributed by atoms with van der Waals surface area (Å²) in [6.07, 6.45) is 3.26. The quantitative estimate of drug-likeness (QED) is 0.529. The zero-order valence-corrected chi connectivity index (χ0v) is 15.8. The molecule has 0 aliphatic heterocycles. The molecule has 2 aromatic heterocycles. The van der Waals surface area contributed by atoms with Crippen molar-refractivity contribution in [2.75, 3.05) is 5.32 Å². The molecule has 0 saturated carbocycles. The topological polar surface area (TPSA) is 72.7 Å².